The third-order valence-electron chi connectivity index (χ3n) is 3.97. The summed E-state index contributed by atoms with van der Waals surface area (Å²) in [6.07, 6.45) is 4.62. The van der Waals surface area contributed by atoms with Gasteiger partial charge in [0.15, 0.2) is 0 Å². The highest BCUT2D eigenvalue weighted by molar-refractivity contribution is 5.75. The van der Waals surface area contributed by atoms with E-state index in [0.717, 1.165) is 24.2 Å². The van der Waals surface area contributed by atoms with Gasteiger partial charge >= 0.3 is 6.03 Å². The van der Waals surface area contributed by atoms with E-state index < -0.39 is 0 Å². The molecule has 2 rings (SSSR count). The molecule has 1 aliphatic rings. The van der Waals surface area contributed by atoms with Crippen molar-refractivity contribution in [1.82, 2.24) is 10.6 Å². The molecule has 4 heteroatoms. The van der Waals surface area contributed by atoms with Crippen LogP contribution in [-0.4, -0.2) is 18.7 Å². The van der Waals surface area contributed by atoms with Gasteiger partial charge in [-0.3, -0.25) is 0 Å². The summed E-state index contributed by atoms with van der Waals surface area (Å²) in [5.41, 5.74) is 2.19. The number of hydrogen-bond donors (Lipinski definition) is 2. The van der Waals surface area contributed by atoms with E-state index in [1.165, 1.54) is 18.4 Å². The molecule has 0 spiro atoms. The number of carbonyl (C=O) groups is 1. The minimum atomic E-state index is -0.0849. The molecule has 4 nitrogen and oxygen atoms in total. The van der Waals surface area contributed by atoms with Gasteiger partial charge in [0.05, 0.1) is 12.6 Å². The molecule has 1 fully saturated rings. The summed E-state index contributed by atoms with van der Waals surface area (Å²) in [4.78, 5) is 12.1. The van der Waals surface area contributed by atoms with Crippen molar-refractivity contribution in [2.75, 3.05) is 6.61 Å². The molecule has 1 saturated carbocycles. The first-order valence-electron chi connectivity index (χ1n) is 7.90. The molecule has 0 saturated heterocycles. The van der Waals surface area contributed by atoms with Crippen molar-refractivity contribution >= 4 is 6.03 Å². The minimum absolute atomic E-state index is 0.0761. The molecule has 1 aromatic rings. The number of aryl methyl sites for hydroxylation is 1. The molecule has 1 aliphatic carbocycles. The molecule has 116 valence electrons. The van der Waals surface area contributed by atoms with E-state index in [2.05, 4.69) is 16.7 Å². The highest BCUT2D eigenvalue weighted by Gasteiger charge is 2.19. The Kier molecular flexibility index (Phi) is 5.48. The maximum atomic E-state index is 12.1. The van der Waals surface area contributed by atoms with E-state index in [9.17, 15) is 4.79 Å². The molecule has 0 heterocycles. The van der Waals surface area contributed by atoms with Crippen LogP contribution >= 0.6 is 0 Å². The van der Waals surface area contributed by atoms with Crippen LogP contribution in [0.2, 0.25) is 0 Å². The fourth-order valence-corrected chi connectivity index (χ4v) is 2.86. The average molecular weight is 290 g/mol. The van der Waals surface area contributed by atoms with Crippen LogP contribution in [0.15, 0.2) is 18.2 Å². The Balaban J connectivity index is 1.99. The second-order valence-electron chi connectivity index (χ2n) is 5.80. The summed E-state index contributed by atoms with van der Waals surface area (Å²) in [5.74, 6) is 0.844. The van der Waals surface area contributed by atoms with Crippen molar-refractivity contribution in [1.29, 1.82) is 0 Å². The lowest BCUT2D eigenvalue weighted by atomic mass is 10.0. The Morgan fingerprint density at radius 1 is 1.38 bits per heavy atom. The Morgan fingerprint density at radius 2 is 2.10 bits per heavy atom. The molecule has 1 atom stereocenters. The molecule has 0 aromatic heterocycles. The Bertz CT molecular complexity index is 482. The third kappa shape index (κ3) is 4.38. The summed E-state index contributed by atoms with van der Waals surface area (Å²) >= 11 is 0. The molecule has 21 heavy (non-hydrogen) atoms. The Morgan fingerprint density at radius 3 is 2.76 bits per heavy atom. The number of urea groups is 1. The van der Waals surface area contributed by atoms with Crippen molar-refractivity contribution in [2.45, 2.75) is 58.5 Å². The topological polar surface area (TPSA) is 50.4 Å². The first-order valence-corrected chi connectivity index (χ1v) is 7.90. The first kappa shape index (κ1) is 15.7. The zero-order chi connectivity index (χ0) is 15.2. The van der Waals surface area contributed by atoms with Gasteiger partial charge in [-0.1, -0.05) is 30.5 Å². The number of benzene rings is 1. The second-order valence-corrected chi connectivity index (χ2v) is 5.80. The summed E-state index contributed by atoms with van der Waals surface area (Å²) in [5, 5.41) is 6.07. The molecular formula is C17H26N2O2. The minimum Gasteiger partial charge on any atom is -0.494 e. The van der Waals surface area contributed by atoms with Gasteiger partial charge in [0.1, 0.15) is 5.75 Å². The largest absolute Gasteiger partial charge is 0.494 e. The highest BCUT2D eigenvalue weighted by atomic mass is 16.5. The van der Waals surface area contributed by atoms with Crippen molar-refractivity contribution < 1.29 is 9.53 Å². The maximum Gasteiger partial charge on any atom is 0.315 e. The van der Waals surface area contributed by atoms with Gasteiger partial charge in [-0.2, -0.15) is 0 Å². The predicted molar refractivity (Wildman–Crippen MR) is 84.7 cm³/mol. The van der Waals surface area contributed by atoms with Crippen molar-refractivity contribution in [3.05, 3.63) is 29.3 Å². The van der Waals surface area contributed by atoms with Crippen molar-refractivity contribution in [3.63, 3.8) is 0 Å². The van der Waals surface area contributed by atoms with E-state index in [0.29, 0.717) is 12.6 Å². The summed E-state index contributed by atoms with van der Waals surface area (Å²) in [7, 11) is 0. The van der Waals surface area contributed by atoms with E-state index >= 15 is 0 Å². The van der Waals surface area contributed by atoms with Gasteiger partial charge in [-0.05, 0) is 39.7 Å². The van der Waals surface area contributed by atoms with Gasteiger partial charge in [0.25, 0.3) is 0 Å². The van der Waals surface area contributed by atoms with E-state index in [4.69, 9.17) is 4.74 Å². The predicted octanol–water partition coefficient (Wildman–Crippen LogP) is 3.70. The van der Waals surface area contributed by atoms with Crippen LogP contribution in [-0.2, 0) is 0 Å². The van der Waals surface area contributed by atoms with Crippen LogP contribution < -0.4 is 15.4 Å². The zero-order valence-electron chi connectivity index (χ0n) is 13.2. The fraction of sp³-hybridized carbons (Fsp3) is 0.588. The average Bonchev–Trinajstić information content (AvgIpc) is 2.93. The Hall–Kier alpha value is -1.71. The molecule has 0 aliphatic heterocycles. The van der Waals surface area contributed by atoms with Crippen molar-refractivity contribution in [3.8, 4) is 5.75 Å². The van der Waals surface area contributed by atoms with E-state index in [1.54, 1.807) is 0 Å². The number of carbonyl (C=O) groups excluding carboxylic acids is 1. The molecule has 2 N–H and O–H groups in total. The number of hydrogen-bond acceptors (Lipinski definition) is 2. The van der Waals surface area contributed by atoms with Crippen LogP contribution in [0, 0.1) is 6.92 Å². The summed E-state index contributed by atoms with van der Waals surface area (Å²) in [6.45, 7) is 6.63. The first-order chi connectivity index (χ1) is 10.1. The third-order valence-corrected chi connectivity index (χ3v) is 3.97. The lowest BCUT2D eigenvalue weighted by molar-refractivity contribution is 0.233. The lowest BCUT2D eigenvalue weighted by Crippen LogP contribution is -2.41. The lowest BCUT2D eigenvalue weighted by Gasteiger charge is -2.20. The fourth-order valence-electron chi connectivity index (χ4n) is 2.86. The van der Waals surface area contributed by atoms with Gasteiger partial charge in [0.2, 0.25) is 0 Å². The number of rotatable bonds is 5. The molecule has 1 aromatic carbocycles. The van der Waals surface area contributed by atoms with Crippen LogP contribution in [0.1, 0.15) is 56.7 Å². The number of nitrogens with one attached hydrogen (secondary N) is 2. The van der Waals surface area contributed by atoms with Gasteiger partial charge in [0, 0.05) is 11.6 Å². The van der Waals surface area contributed by atoms with Crippen LogP contribution in [0.5, 0.6) is 5.75 Å². The normalized spacial score (nSPS) is 16.5. The standard InChI is InChI=1S/C17H26N2O2/c1-4-21-16-10-9-12(2)11-15(16)13(3)18-17(20)19-14-7-5-6-8-14/h9-11,13-14H,4-8H2,1-3H3,(H2,18,19,20). The van der Waals surface area contributed by atoms with Crippen LogP contribution in [0.3, 0.4) is 0 Å². The SMILES string of the molecule is CCOc1ccc(C)cc1C(C)NC(=O)NC1CCCC1. The molecule has 2 amide bonds. The van der Waals surface area contributed by atoms with E-state index in [-0.39, 0.29) is 12.1 Å². The second kappa shape index (κ2) is 7.34. The monoisotopic (exact) mass is 290 g/mol. The van der Waals surface area contributed by atoms with Gasteiger partial charge < -0.3 is 15.4 Å². The van der Waals surface area contributed by atoms with Crippen molar-refractivity contribution in [2.24, 2.45) is 0 Å². The number of ether oxygens (including phenoxy) is 1. The molecular weight excluding hydrogens is 264 g/mol. The Labute approximate surface area is 127 Å². The summed E-state index contributed by atoms with van der Waals surface area (Å²) in [6, 6.07) is 6.25. The van der Waals surface area contributed by atoms with Gasteiger partial charge in [-0.25, -0.2) is 4.79 Å². The van der Waals surface area contributed by atoms with Crippen LogP contribution in [0.25, 0.3) is 0 Å². The molecule has 0 bridgehead atoms. The van der Waals surface area contributed by atoms with Gasteiger partial charge in [-0.15, -0.1) is 0 Å². The quantitative estimate of drug-likeness (QED) is 0.868. The highest BCUT2D eigenvalue weighted by Crippen LogP contribution is 2.26. The van der Waals surface area contributed by atoms with Crippen LogP contribution in [0.4, 0.5) is 4.79 Å². The molecule has 0 radical (unpaired) electrons. The van der Waals surface area contributed by atoms with E-state index in [1.807, 2.05) is 32.9 Å². The zero-order valence-corrected chi connectivity index (χ0v) is 13.2. The molecule has 1 unspecified atom stereocenters. The number of amides is 2. The smallest absolute Gasteiger partial charge is 0.315 e. The maximum absolute atomic E-state index is 12.1. The summed E-state index contributed by atoms with van der Waals surface area (Å²) < 4.78 is 5.66.